The first-order valence-electron chi connectivity index (χ1n) is 12.3. The Morgan fingerprint density at radius 2 is 1.46 bits per heavy atom. The molecule has 4 aromatic rings. The van der Waals surface area contributed by atoms with E-state index in [-0.39, 0.29) is 5.91 Å². The number of hydrogen-bond donors (Lipinski definition) is 2. The summed E-state index contributed by atoms with van der Waals surface area (Å²) >= 11 is 0. The summed E-state index contributed by atoms with van der Waals surface area (Å²) in [6.07, 6.45) is 3.68. The summed E-state index contributed by atoms with van der Waals surface area (Å²) < 4.78 is 1.64. The molecule has 3 aromatic carbocycles. The molecule has 1 saturated heterocycles. The summed E-state index contributed by atoms with van der Waals surface area (Å²) in [4.78, 5) is 40.9. The molecule has 1 aliphatic heterocycles. The van der Waals surface area contributed by atoms with Gasteiger partial charge in [-0.05, 0) is 30.5 Å². The number of piperidine rings is 1. The lowest BCUT2D eigenvalue weighted by Gasteiger charge is -2.34. The number of carbonyl (C=O) groups is 3. The Labute approximate surface area is 214 Å². The summed E-state index contributed by atoms with van der Waals surface area (Å²) in [5.74, 6) is -1.06. The van der Waals surface area contributed by atoms with Crippen LogP contribution in [0.2, 0.25) is 0 Å². The molecule has 2 N–H and O–H groups in total. The van der Waals surface area contributed by atoms with Crippen molar-refractivity contribution in [3.05, 3.63) is 108 Å². The summed E-state index contributed by atoms with van der Waals surface area (Å²) in [5.41, 5.74) is 8.16. The van der Waals surface area contributed by atoms with Gasteiger partial charge in [-0.3, -0.25) is 25.2 Å². The number of rotatable bonds is 6. The standard InChI is InChI=1S/C29H27N5O3/c35-25-18-10-11-19-33(25)27(22-14-6-2-7-15-22)29(37)31-30-28(36)24-20-34(23-16-8-3-9-17-23)32-26(24)21-12-4-1-5-13-21/h1-9,12-17,20,27H,10-11,18-19H2,(H,30,36)(H,31,37). The fraction of sp³-hybridized carbons (Fsp3) is 0.172. The van der Waals surface area contributed by atoms with E-state index in [0.717, 1.165) is 24.1 Å². The second kappa shape index (κ2) is 10.9. The molecule has 37 heavy (non-hydrogen) atoms. The van der Waals surface area contributed by atoms with Crippen molar-refractivity contribution in [2.24, 2.45) is 0 Å². The van der Waals surface area contributed by atoms with E-state index in [0.29, 0.717) is 29.8 Å². The van der Waals surface area contributed by atoms with Crippen LogP contribution in [0.4, 0.5) is 0 Å². The molecule has 0 saturated carbocycles. The van der Waals surface area contributed by atoms with Crippen molar-refractivity contribution >= 4 is 17.7 Å². The number of benzene rings is 3. The van der Waals surface area contributed by atoms with Crippen LogP contribution >= 0.6 is 0 Å². The number of likely N-dealkylation sites (tertiary alicyclic amines) is 1. The van der Waals surface area contributed by atoms with E-state index in [1.165, 1.54) is 0 Å². The number of amides is 3. The zero-order valence-electron chi connectivity index (χ0n) is 20.2. The highest BCUT2D eigenvalue weighted by molar-refractivity contribution is 6.01. The van der Waals surface area contributed by atoms with Crippen molar-refractivity contribution in [2.45, 2.75) is 25.3 Å². The molecular weight excluding hydrogens is 466 g/mol. The van der Waals surface area contributed by atoms with Gasteiger partial charge in [-0.25, -0.2) is 4.68 Å². The average Bonchev–Trinajstić information content (AvgIpc) is 3.40. The highest BCUT2D eigenvalue weighted by Gasteiger charge is 2.33. The number of hydrazine groups is 1. The maximum Gasteiger partial charge on any atom is 0.273 e. The average molecular weight is 494 g/mol. The molecule has 1 aliphatic rings. The van der Waals surface area contributed by atoms with Crippen LogP contribution in [0.5, 0.6) is 0 Å². The van der Waals surface area contributed by atoms with Gasteiger partial charge in [0.1, 0.15) is 11.7 Å². The Hall–Kier alpha value is -4.72. The van der Waals surface area contributed by atoms with Crippen LogP contribution in [-0.4, -0.2) is 38.9 Å². The fourth-order valence-electron chi connectivity index (χ4n) is 4.52. The van der Waals surface area contributed by atoms with Crippen LogP contribution in [0, 0.1) is 0 Å². The lowest BCUT2D eigenvalue weighted by Crippen LogP contribution is -2.50. The zero-order valence-corrected chi connectivity index (χ0v) is 20.2. The molecule has 3 amide bonds. The Morgan fingerprint density at radius 3 is 2.14 bits per heavy atom. The third kappa shape index (κ3) is 5.28. The molecular formula is C29H27N5O3. The van der Waals surface area contributed by atoms with Crippen LogP contribution in [0.25, 0.3) is 16.9 Å². The minimum Gasteiger partial charge on any atom is -0.326 e. The third-order valence-corrected chi connectivity index (χ3v) is 6.36. The van der Waals surface area contributed by atoms with Gasteiger partial charge in [0.15, 0.2) is 0 Å². The van der Waals surface area contributed by atoms with Crippen LogP contribution in [-0.2, 0) is 9.59 Å². The largest absolute Gasteiger partial charge is 0.326 e. The molecule has 0 aliphatic carbocycles. The Bertz CT molecular complexity index is 1390. The minimum absolute atomic E-state index is 0.0721. The van der Waals surface area contributed by atoms with Gasteiger partial charge in [0.2, 0.25) is 5.91 Å². The van der Waals surface area contributed by atoms with Gasteiger partial charge in [0.25, 0.3) is 11.8 Å². The van der Waals surface area contributed by atoms with E-state index >= 15 is 0 Å². The minimum atomic E-state index is -0.838. The number of nitrogens with one attached hydrogen (secondary N) is 2. The SMILES string of the molecule is O=C(NNC(=O)C(c1ccccc1)N1CCCCC1=O)c1cn(-c2ccccc2)nc1-c1ccccc1. The van der Waals surface area contributed by atoms with Crippen LogP contribution in [0.1, 0.15) is 41.2 Å². The predicted octanol–water partition coefficient (Wildman–Crippen LogP) is 4.05. The molecule has 1 fully saturated rings. The van der Waals surface area contributed by atoms with Gasteiger partial charge in [-0.15, -0.1) is 0 Å². The smallest absolute Gasteiger partial charge is 0.273 e. The van der Waals surface area contributed by atoms with Crippen LogP contribution in [0.3, 0.4) is 0 Å². The summed E-state index contributed by atoms with van der Waals surface area (Å²) in [7, 11) is 0. The maximum atomic E-state index is 13.4. The van der Waals surface area contributed by atoms with Gasteiger partial charge >= 0.3 is 0 Å². The lowest BCUT2D eigenvalue weighted by molar-refractivity contribution is -0.143. The summed E-state index contributed by atoms with van der Waals surface area (Å²) in [6, 6.07) is 27.2. The van der Waals surface area contributed by atoms with E-state index in [9.17, 15) is 14.4 Å². The van der Waals surface area contributed by atoms with Gasteiger partial charge in [-0.2, -0.15) is 5.10 Å². The van der Waals surface area contributed by atoms with Crippen LogP contribution in [0.15, 0.2) is 97.2 Å². The van der Waals surface area contributed by atoms with Crippen molar-refractivity contribution in [1.29, 1.82) is 0 Å². The highest BCUT2D eigenvalue weighted by Crippen LogP contribution is 2.26. The van der Waals surface area contributed by atoms with Gasteiger partial charge in [-0.1, -0.05) is 78.9 Å². The Kier molecular flexibility index (Phi) is 7.07. The molecule has 8 heteroatoms. The molecule has 0 spiro atoms. The zero-order chi connectivity index (χ0) is 25.6. The molecule has 1 atom stereocenters. The number of para-hydroxylation sites is 1. The number of carbonyl (C=O) groups excluding carboxylic acids is 3. The molecule has 1 unspecified atom stereocenters. The quantitative estimate of drug-likeness (QED) is 0.396. The molecule has 0 bridgehead atoms. The molecule has 5 rings (SSSR count). The van der Waals surface area contributed by atoms with Crippen molar-refractivity contribution < 1.29 is 14.4 Å². The first-order chi connectivity index (χ1) is 18.1. The molecule has 186 valence electrons. The Morgan fingerprint density at radius 1 is 0.811 bits per heavy atom. The number of aromatic nitrogens is 2. The topological polar surface area (TPSA) is 96.3 Å². The van der Waals surface area contributed by atoms with Gasteiger partial charge in [0.05, 0.1) is 11.3 Å². The lowest BCUT2D eigenvalue weighted by atomic mass is 10.0. The monoisotopic (exact) mass is 493 g/mol. The molecule has 2 heterocycles. The third-order valence-electron chi connectivity index (χ3n) is 6.36. The first-order valence-corrected chi connectivity index (χ1v) is 12.3. The molecule has 0 radical (unpaired) electrons. The van der Waals surface area contributed by atoms with E-state index in [4.69, 9.17) is 0 Å². The second-order valence-corrected chi connectivity index (χ2v) is 8.84. The van der Waals surface area contributed by atoms with E-state index in [1.54, 1.807) is 15.8 Å². The van der Waals surface area contributed by atoms with E-state index in [2.05, 4.69) is 16.0 Å². The molecule has 1 aromatic heterocycles. The predicted molar refractivity (Wildman–Crippen MR) is 139 cm³/mol. The van der Waals surface area contributed by atoms with Crippen molar-refractivity contribution in [3.8, 4) is 16.9 Å². The second-order valence-electron chi connectivity index (χ2n) is 8.84. The van der Waals surface area contributed by atoms with Crippen molar-refractivity contribution in [1.82, 2.24) is 25.5 Å². The van der Waals surface area contributed by atoms with Gasteiger partial charge < -0.3 is 4.90 Å². The fourth-order valence-corrected chi connectivity index (χ4v) is 4.52. The van der Waals surface area contributed by atoms with E-state index < -0.39 is 17.9 Å². The number of nitrogens with zero attached hydrogens (tertiary/aromatic N) is 3. The van der Waals surface area contributed by atoms with E-state index in [1.807, 2.05) is 91.0 Å². The van der Waals surface area contributed by atoms with Crippen molar-refractivity contribution in [2.75, 3.05) is 6.54 Å². The summed E-state index contributed by atoms with van der Waals surface area (Å²) in [6.45, 7) is 0.488. The number of hydrogen-bond acceptors (Lipinski definition) is 4. The normalized spacial score (nSPS) is 14.2. The first kappa shape index (κ1) is 24.0. The maximum absolute atomic E-state index is 13.4. The molecule has 8 nitrogen and oxygen atoms in total. The Balaban J connectivity index is 1.40. The van der Waals surface area contributed by atoms with Gasteiger partial charge in [0, 0.05) is 24.7 Å². The van der Waals surface area contributed by atoms with Crippen molar-refractivity contribution in [3.63, 3.8) is 0 Å². The summed E-state index contributed by atoms with van der Waals surface area (Å²) in [5, 5.41) is 4.66. The highest BCUT2D eigenvalue weighted by atomic mass is 16.2. The van der Waals surface area contributed by atoms with Crippen LogP contribution < -0.4 is 10.9 Å².